The first-order chi connectivity index (χ1) is 3.55. The van der Waals surface area contributed by atoms with Gasteiger partial charge in [-0.3, -0.25) is 5.41 Å². The Morgan fingerprint density at radius 3 is 2.12 bits per heavy atom. The molecule has 0 heterocycles. The van der Waals surface area contributed by atoms with Gasteiger partial charge in [0.25, 0.3) is 0 Å². The van der Waals surface area contributed by atoms with Crippen molar-refractivity contribution in [1.82, 2.24) is 0 Å². The summed E-state index contributed by atoms with van der Waals surface area (Å²) >= 11 is 5.66. The van der Waals surface area contributed by atoms with Crippen LogP contribution in [-0.2, 0) is 0 Å². The predicted octanol–water partition coefficient (Wildman–Crippen LogP) is 2.53. The monoisotopic (exact) mass is 245 g/mol. The molecule has 4 heteroatoms. The van der Waals surface area contributed by atoms with E-state index >= 15 is 0 Å². The van der Waals surface area contributed by atoms with Gasteiger partial charge in [0.05, 0.1) is 2.91 Å². The Bertz CT molecular complexity index is 139. The van der Waals surface area contributed by atoms with Crippen LogP contribution in [0.2, 0.25) is 0 Å². The van der Waals surface area contributed by atoms with Crippen molar-refractivity contribution < 1.29 is 4.39 Å². The van der Waals surface area contributed by atoms with Gasteiger partial charge in [-0.25, -0.2) is 0 Å². The zero-order chi connectivity index (χ0) is 6.73. The maximum Gasteiger partial charge on any atom is 0.210 e. The highest BCUT2D eigenvalue weighted by Crippen LogP contribution is 2.16. The van der Waals surface area contributed by atoms with E-state index in [1.54, 1.807) is 0 Å². The number of rotatable bonds is 1. The Morgan fingerprint density at radius 2 is 2.12 bits per heavy atom. The molecule has 46 valence electrons. The van der Waals surface area contributed by atoms with Gasteiger partial charge in [0, 0.05) is 5.57 Å². The minimum absolute atomic E-state index is 0.286. The van der Waals surface area contributed by atoms with Crippen molar-refractivity contribution in [2.45, 2.75) is 6.92 Å². The summed E-state index contributed by atoms with van der Waals surface area (Å²) in [5.41, 5.74) is 0.286. The van der Waals surface area contributed by atoms with Gasteiger partial charge in [0.2, 0.25) is 5.97 Å². The molecular weight excluding hydrogens is 240 g/mol. The second-order valence-electron chi connectivity index (χ2n) is 1.23. The zero-order valence-electron chi connectivity index (χ0n) is 4.20. The lowest BCUT2D eigenvalue weighted by Crippen LogP contribution is -1.86. The van der Waals surface area contributed by atoms with E-state index in [9.17, 15) is 4.39 Å². The van der Waals surface area contributed by atoms with Crippen LogP contribution in [0.4, 0.5) is 4.39 Å². The molecule has 0 spiro atoms. The van der Waals surface area contributed by atoms with Gasteiger partial charge in [-0.2, -0.15) is 4.39 Å². The number of allylic oxidation sites excluding steroid dienone is 1. The van der Waals surface area contributed by atoms with Crippen LogP contribution >= 0.6 is 35.2 Å². The highest BCUT2D eigenvalue weighted by molar-refractivity contribution is 14.1. The third-order valence-corrected chi connectivity index (χ3v) is 1.78. The molecule has 0 aliphatic rings. The summed E-state index contributed by atoms with van der Waals surface area (Å²) in [6, 6.07) is 0. The number of hydrogen-bond donors (Lipinski definition) is 2. The quantitative estimate of drug-likeness (QED) is 0.403. The van der Waals surface area contributed by atoms with E-state index in [4.69, 9.17) is 5.41 Å². The lowest BCUT2D eigenvalue weighted by molar-refractivity contribution is 0.794. The van der Waals surface area contributed by atoms with Crippen molar-refractivity contribution in [3.05, 3.63) is 8.48 Å². The normalized spacial score (nSPS) is 13.0. The summed E-state index contributed by atoms with van der Waals surface area (Å²) in [7, 11) is 0. The summed E-state index contributed by atoms with van der Waals surface area (Å²) in [5.74, 6) is -0.913. The smallest absolute Gasteiger partial charge is 0.210 e. The fraction of sp³-hybridized carbons (Fsp3) is 0.250. The van der Waals surface area contributed by atoms with Crippen LogP contribution in [0.5, 0.6) is 0 Å². The van der Waals surface area contributed by atoms with Crippen LogP contribution in [0.25, 0.3) is 0 Å². The van der Waals surface area contributed by atoms with Gasteiger partial charge in [0.1, 0.15) is 0 Å². The standard InChI is InChI=1S/C4H5FINS/c1-2(3(5)7)4(6)8/h7-8H,1H3/b4-2-,7-3?. The molecule has 0 fully saturated rings. The van der Waals surface area contributed by atoms with Crippen LogP contribution in [0.1, 0.15) is 6.92 Å². The van der Waals surface area contributed by atoms with Crippen molar-refractivity contribution in [1.29, 1.82) is 5.41 Å². The first kappa shape index (κ1) is 8.42. The molecule has 0 saturated heterocycles. The Kier molecular flexibility index (Phi) is 3.63. The molecule has 0 aliphatic heterocycles. The lowest BCUT2D eigenvalue weighted by Gasteiger charge is -1.91. The molecule has 0 bridgehead atoms. The molecule has 0 aliphatic carbocycles. The number of nitrogens with one attached hydrogen (secondary N) is 1. The van der Waals surface area contributed by atoms with Crippen molar-refractivity contribution in [2.24, 2.45) is 0 Å². The third kappa shape index (κ3) is 2.66. The van der Waals surface area contributed by atoms with Gasteiger partial charge >= 0.3 is 0 Å². The van der Waals surface area contributed by atoms with Crippen LogP contribution in [0, 0.1) is 5.41 Å². The van der Waals surface area contributed by atoms with Crippen molar-refractivity contribution in [2.75, 3.05) is 0 Å². The Hall–Kier alpha value is 0.420. The molecule has 0 saturated carbocycles. The predicted molar refractivity (Wildman–Crippen MR) is 44.5 cm³/mol. The van der Waals surface area contributed by atoms with Gasteiger partial charge in [0.15, 0.2) is 0 Å². The van der Waals surface area contributed by atoms with Gasteiger partial charge < -0.3 is 0 Å². The van der Waals surface area contributed by atoms with Crippen LogP contribution in [-0.4, -0.2) is 5.97 Å². The van der Waals surface area contributed by atoms with Crippen molar-refractivity contribution >= 4 is 41.2 Å². The zero-order valence-corrected chi connectivity index (χ0v) is 7.26. The number of hydrogen-bond acceptors (Lipinski definition) is 2. The second kappa shape index (κ2) is 3.45. The molecule has 0 amide bonds. The van der Waals surface area contributed by atoms with E-state index in [-0.39, 0.29) is 5.57 Å². The number of thiol groups is 1. The minimum atomic E-state index is -0.913. The van der Waals surface area contributed by atoms with Crippen molar-refractivity contribution in [3.63, 3.8) is 0 Å². The highest BCUT2D eigenvalue weighted by atomic mass is 127. The molecule has 0 aromatic rings. The van der Waals surface area contributed by atoms with E-state index in [2.05, 4.69) is 12.6 Å². The first-order valence-electron chi connectivity index (χ1n) is 1.85. The van der Waals surface area contributed by atoms with Crippen LogP contribution in [0.15, 0.2) is 8.48 Å². The summed E-state index contributed by atoms with van der Waals surface area (Å²) in [6.07, 6.45) is 0. The minimum Gasteiger partial charge on any atom is -0.274 e. The van der Waals surface area contributed by atoms with Gasteiger partial charge in [-0.1, -0.05) is 0 Å². The molecule has 0 aromatic heterocycles. The van der Waals surface area contributed by atoms with Crippen LogP contribution < -0.4 is 0 Å². The first-order valence-corrected chi connectivity index (χ1v) is 3.38. The van der Waals surface area contributed by atoms with E-state index in [0.29, 0.717) is 2.91 Å². The Balaban J connectivity index is 4.23. The highest BCUT2D eigenvalue weighted by Gasteiger charge is 1.98. The third-order valence-electron chi connectivity index (χ3n) is 0.639. The molecule has 0 aromatic carbocycles. The molecule has 0 rings (SSSR count). The SMILES string of the molecule is C/C(C(=N)F)=C(/S)I. The number of halogens is 2. The summed E-state index contributed by atoms with van der Waals surface area (Å²) < 4.78 is 12.3. The molecule has 0 radical (unpaired) electrons. The molecule has 0 atom stereocenters. The van der Waals surface area contributed by atoms with Crippen LogP contribution in [0.3, 0.4) is 0 Å². The van der Waals surface area contributed by atoms with E-state index in [1.165, 1.54) is 6.92 Å². The summed E-state index contributed by atoms with van der Waals surface area (Å²) in [5, 5.41) is 6.45. The Morgan fingerprint density at radius 1 is 1.75 bits per heavy atom. The topological polar surface area (TPSA) is 23.9 Å². The van der Waals surface area contributed by atoms with E-state index in [0.717, 1.165) is 0 Å². The van der Waals surface area contributed by atoms with Gasteiger partial charge in [-0.15, -0.1) is 12.6 Å². The second-order valence-corrected chi connectivity index (χ2v) is 3.61. The van der Waals surface area contributed by atoms with E-state index in [1.807, 2.05) is 22.6 Å². The molecular formula is C4H5FINS. The molecule has 1 N–H and O–H groups in total. The molecule has 0 unspecified atom stereocenters. The molecule has 8 heavy (non-hydrogen) atoms. The summed E-state index contributed by atoms with van der Waals surface area (Å²) in [4.78, 5) is 0. The van der Waals surface area contributed by atoms with E-state index < -0.39 is 5.97 Å². The van der Waals surface area contributed by atoms with Gasteiger partial charge in [-0.05, 0) is 29.5 Å². The largest absolute Gasteiger partial charge is 0.274 e. The lowest BCUT2D eigenvalue weighted by atomic mass is 10.4. The summed E-state index contributed by atoms with van der Waals surface area (Å²) in [6.45, 7) is 1.51. The fourth-order valence-electron chi connectivity index (χ4n) is 0.0906. The van der Waals surface area contributed by atoms with Crippen molar-refractivity contribution in [3.8, 4) is 0 Å². The fourth-order valence-corrected chi connectivity index (χ4v) is 0.425. The Labute approximate surface area is 66.4 Å². The maximum absolute atomic E-state index is 11.8. The average molecular weight is 245 g/mol. The molecule has 1 nitrogen and oxygen atoms in total. The maximum atomic E-state index is 11.8. The average Bonchev–Trinajstić information content (AvgIpc) is 1.64.